The van der Waals surface area contributed by atoms with Crippen molar-refractivity contribution in [2.24, 2.45) is 0 Å². The van der Waals surface area contributed by atoms with Crippen molar-refractivity contribution >= 4 is 44.0 Å². The number of aryl methyl sites for hydroxylation is 2. The van der Waals surface area contributed by atoms with Gasteiger partial charge in [-0.05, 0) is 60.4 Å². The highest BCUT2D eigenvalue weighted by Crippen LogP contribution is 2.50. The highest BCUT2D eigenvalue weighted by molar-refractivity contribution is 9.10. The van der Waals surface area contributed by atoms with Gasteiger partial charge in [0.1, 0.15) is 0 Å². The Hall–Kier alpha value is -3.70. The van der Waals surface area contributed by atoms with Gasteiger partial charge in [0.25, 0.3) is 0 Å². The molecule has 0 aliphatic heterocycles. The molecule has 0 saturated heterocycles. The van der Waals surface area contributed by atoms with Crippen LogP contribution in [-0.2, 0) is 11.0 Å². The molecule has 37 heavy (non-hydrogen) atoms. The summed E-state index contributed by atoms with van der Waals surface area (Å²) in [6.07, 6.45) is -4.51. The molecule has 0 radical (unpaired) electrons. The van der Waals surface area contributed by atoms with Crippen molar-refractivity contribution in [3.05, 3.63) is 140 Å². The van der Waals surface area contributed by atoms with Crippen molar-refractivity contribution < 1.29 is 18.0 Å². The van der Waals surface area contributed by atoms with Crippen LogP contribution in [0.1, 0.15) is 38.9 Å². The first-order chi connectivity index (χ1) is 17.6. The van der Waals surface area contributed by atoms with Crippen LogP contribution in [0.25, 0.3) is 22.3 Å². The van der Waals surface area contributed by atoms with Crippen molar-refractivity contribution in [1.82, 2.24) is 0 Å². The van der Waals surface area contributed by atoms with Gasteiger partial charge in [-0.1, -0.05) is 99.9 Å². The highest BCUT2D eigenvalue weighted by atomic mass is 79.9. The van der Waals surface area contributed by atoms with E-state index in [9.17, 15) is 18.0 Å². The third kappa shape index (κ3) is 4.84. The van der Waals surface area contributed by atoms with Gasteiger partial charge >= 0.3 is 6.18 Å². The first kappa shape index (κ1) is 25.0. The molecule has 0 unspecified atom stereocenters. The van der Waals surface area contributed by atoms with Crippen molar-refractivity contribution in [3.8, 4) is 0 Å². The molecule has 0 bridgehead atoms. The molecule has 4 aromatic carbocycles. The summed E-state index contributed by atoms with van der Waals surface area (Å²) < 4.78 is 42.1. The fraction of sp³-hybridized carbons (Fsp3) is 0.0938. The standard InChI is InChI=1S/C32H22BrF3O/c1-19-9-11-21(12-10-19)29-28(24-7-4-8-25(18-24)32(34,35)36)27(23-6-3-5-20(2)17-23)30(31(29)37)22-13-15-26(33)16-14-22/h3-18H,1-2H3. The smallest absolute Gasteiger partial charge is 0.289 e. The van der Waals surface area contributed by atoms with Crippen molar-refractivity contribution in [1.29, 1.82) is 0 Å². The van der Waals surface area contributed by atoms with Crippen LogP contribution in [0.4, 0.5) is 13.2 Å². The number of allylic oxidation sites excluding steroid dienone is 4. The Balaban J connectivity index is 1.89. The summed E-state index contributed by atoms with van der Waals surface area (Å²) in [6, 6.07) is 27.9. The zero-order valence-corrected chi connectivity index (χ0v) is 21.7. The van der Waals surface area contributed by atoms with Crippen LogP contribution in [0.15, 0.2) is 102 Å². The van der Waals surface area contributed by atoms with Crippen LogP contribution >= 0.6 is 15.9 Å². The summed E-state index contributed by atoms with van der Waals surface area (Å²) in [7, 11) is 0. The maximum absolute atomic E-state index is 14.3. The number of carbonyl (C=O) groups excluding carboxylic acids is 1. The zero-order chi connectivity index (χ0) is 26.3. The lowest BCUT2D eigenvalue weighted by molar-refractivity contribution is -0.137. The molecule has 0 saturated carbocycles. The normalized spacial score (nSPS) is 14.1. The minimum absolute atomic E-state index is 0.213. The molecule has 0 fully saturated rings. The third-order valence-corrected chi connectivity index (χ3v) is 6.99. The molecular formula is C32H22BrF3O. The van der Waals surface area contributed by atoms with E-state index in [4.69, 9.17) is 0 Å². The van der Waals surface area contributed by atoms with Crippen LogP contribution < -0.4 is 0 Å². The van der Waals surface area contributed by atoms with Crippen LogP contribution in [0, 0.1) is 13.8 Å². The Morgan fingerprint density at radius 1 is 0.568 bits per heavy atom. The van der Waals surface area contributed by atoms with Gasteiger partial charge in [0.05, 0.1) is 5.56 Å². The first-order valence-corrected chi connectivity index (χ1v) is 12.5. The summed E-state index contributed by atoms with van der Waals surface area (Å²) in [4.78, 5) is 14.3. The Labute approximate surface area is 222 Å². The number of rotatable bonds is 4. The molecule has 5 heteroatoms. The van der Waals surface area contributed by atoms with Crippen molar-refractivity contribution in [2.75, 3.05) is 0 Å². The van der Waals surface area contributed by atoms with Gasteiger partial charge in [0.15, 0.2) is 5.78 Å². The number of carbonyl (C=O) groups is 1. The second kappa shape index (κ2) is 9.64. The van der Waals surface area contributed by atoms with Crippen LogP contribution in [-0.4, -0.2) is 5.78 Å². The first-order valence-electron chi connectivity index (χ1n) is 11.7. The molecule has 0 N–H and O–H groups in total. The second-order valence-corrected chi connectivity index (χ2v) is 10.1. The van der Waals surface area contributed by atoms with E-state index in [1.54, 1.807) is 6.07 Å². The largest absolute Gasteiger partial charge is 0.416 e. The minimum atomic E-state index is -4.51. The second-order valence-electron chi connectivity index (χ2n) is 9.15. The molecular weight excluding hydrogens is 537 g/mol. The number of hydrogen-bond donors (Lipinski definition) is 0. The Morgan fingerprint density at radius 2 is 1.08 bits per heavy atom. The predicted molar refractivity (Wildman–Crippen MR) is 147 cm³/mol. The van der Waals surface area contributed by atoms with Crippen molar-refractivity contribution in [2.45, 2.75) is 20.0 Å². The summed E-state index contributed by atoms with van der Waals surface area (Å²) in [5.74, 6) is -0.213. The van der Waals surface area contributed by atoms with Crippen molar-refractivity contribution in [3.63, 3.8) is 0 Å². The van der Waals surface area contributed by atoms with Gasteiger partial charge in [-0.3, -0.25) is 4.79 Å². The van der Waals surface area contributed by atoms with E-state index >= 15 is 0 Å². The van der Waals surface area contributed by atoms with E-state index in [1.807, 2.05) is 86.6 Å². The fourth-order valence-corrected chi connectivity index (χ4v) is 4.98. The van der Waals surface area contributed by atoms with Gasteiger partial charge in [-0.15, -0.1) is 0 Å². The van der Waals surface area contributed by atoms with Crippen LogP contribution in [0.2, 0.25) is 0 Å². The quantitative estimate of drug-likeness (QED) is 0.244. The molecule has 1 aliphatic carbocycles. The lowest BCUT2D eigenvalue weighted by Crippen LogP contribution is -2.05. The SMILES string of the molecule is Cc1ccc(C2=C(c3cccc(C(F)(F)F)c3)C(c3cccc(C)c3)=C(c3ccc(Br)cc3)C2=O)cc1. The minimum Gasteiger partial charge on any atom is -0.289 e. The number of benzene rings is 4. The van der Waals surface area contributed by atoms with E-state index in [0.29, 0.717) is 39.0 Å². The van der Waals surface area contributed by atoms with E-state index in [2.05, 4.69) is 15.9 Å². The van der Waals surface area contributed by atoms with Gasteiger partial charge in [-0.25, -0.2) is 0 Å². The molecule has 1 nitrogen and oxygen atoms in total. The number of alkyl halides is 3. The topological polar surface area (TPSA) is 17.1 Å². The maximum Gasteiger partial charge on any atom is 0.416 e. The van der Waals surface area contributed by atoms with Gasteiger partial charge < -0.3 is 0 Å². The van der Waals surface area contributed by atoms with Crippen LogP contribution in [0.5, 0.6) is 0 Å². The van der Waals surface area contributed by atoms with E-state index in [0.717, 1.165) is 33.3 Å². The summed E-state index contributed by atoms with van der Waals surface area (Å²) in [5, 5.41) is 0. The molecule has 184 valence electrons. The van der Waals surface area contributed by atoms with Gasteiger partial charge in [0.2, 0.25) is 0 Å². The molecule has 0 amide bonds. The van der Waals surface area contributed by atoms with Gasteiger partial charge in [0, 0.05) is 26.8 Å². The zero-order valence-electron chi connectivity index (χ0n) is 20.2. The van der Waals surface area contributed by atoms with Crippen LogP contribution in [0.3, 0.4) is 0 Å². The number of ketones is 1. The van der Waals surface area contributed by atoms with E-state index in [1.165, 1.54) is 6.07 Å². The molecule has 0 aromatic heterocycles. The molecule has 0 heterocycles. The number of halogens is 4. The Bertz CT molecular complexity index is 1570. The number of Topliss-reactive ketones (excluding diaryl/α,β-unsaturated/α-hetero) is 1. The average Bonchev–Trinajstić information content (AvgIpc) is 3.17. The van der Waals surface area contributed by atoms with E-state index < -0.39 is 11.7 Å². The predicted octanol–water partition coefficient (Wildman–Crippen LogP) is 9.19. The molecule has 0 atom stereocenters. The van der Waals surface area contributed by atoms with Gasteiger partial charge in [-0.2, -0.15) is 13.2 Å². The fourth-order valence-electron chi connectivity index (χ4n) is 4.72. The Kier molecular flexibility index (Phi) is 6.50. The average molecular weight is 559 g/mol. The number of hydrogen-bond acceptors (Lipinski definition) is 1. The maximum atomic E-state index is 14.3. The Morgan fingerprint density at radius 3 is 1.62 bits per heavy atom. The lowest BCUT2D eigenvalue weighted by Gasteiger charge is -2.16. The molecule has 1 aliphatic rings. The molecule has 0 spiro atoms. The summed E-state index contributed by atoms with van der Waals surface area (Å²) in [5.41, 5.74) is 5.76. The third-order valence-electron chi connectivity index (χ3n) is 6.46. The lowest BCUT2D eigenvalue weighted by atomic mass is 9.88. The summed E-state index contributed by atoms with van der Waals surface area (Å²) >= 11 is 3.45. The monoisotopic (exact) mass is 558 g/mol. The van der Waals surface area contributed by atoms with E-state index in [-0.39, 0.29) is 5.78 Å². The molecule has 4 aromatic rings. The summed E-state index contributed by atoms with van der Waals surface area (Å²) in [6.45, 7) is 3.90. The highest BCUT2D eigenvalue weighted by Gasteiger charge is 2.37. The molecule has 5 rings (SSSR count).